The van der Waals surface area contributed by atoms with Gasteiger partial charge in [0.15, 0.2) is 0 Å². The maximum Gasteiger partial charge on any atom is 0.0346 e. The van der Waals surface area contributed by atoms with Crippen LogP contribution in [0, 0.1) is 5.92 Å². The zero-order chi connectivity index (χ0) is 12.7. The van der Waals surface area contributed by atoms with Crippen molar-refractivity contribution in [3.63, 3.8) is 0 Å². The Balaban J connectivity index is 2.34. The Labute approximate surface area is 106 Å². The number of rotatable bonds is 7. The average molecular weight is 234 g/mol. The maximum atomic E-state index is 5.94. The van der Waals surface area contributed by atoms with Gasteiger partial charge in [-0.2, -0.15) is 0 Å². The minimum Gasteiger partial charge on any atom is -0.399 e. The van der Waals surface area contributed by atoms with E-state index in [2.05, 4.69) is 37.8 Å². The smallest absolute Gasteiger partial charge is 0.0346 e. The lowest BCUT2D eigenvalue weighted by Crippen LogP contribution is -2.28. The number of benzene rings is 1. The molecule has 0 aliphatic rings. The highest BCUT2D eigenvalue weighted by Crippen LogP contribution is 2.13. The molecular formula is C15H26N2. The van der Waals surface area contributed by atoms with Crippen LogP contribution in [0.2, 0.25) is 0 Å². The van der Waals surface area contributed by atoms with Crippen molar-refractivity contribution in [2.24, 2.45) is 5.92 Å². The van der Waals surface area contributed by atoms with Crippen LogP contribution >= 0.6 is 0 Å². The molecule has 0 aliphatic carbocycles. The summed E-state index contributed by atoms with van der Waals surface area (Å²) >= 11 is 0. The Hall–Kier alpha value is -1.02. The third-order valence-electron chi connectivity index (χ3n) is 3.05. The Bertz CT molecular complexity index is 320. The van der Waals surface area contributed by atoms with Crippen LogP contribution in [0.15, 0.2) is 24.3 Å². The van der Waals surface area contributed by atoms with Crippen molar-refractivity contribution in [2.45, 2.75) is 33.6 Å². The first-order valence-electron chi connectivity index (χ1n) is 6.69. The van der Waals surface area contributed by atoms with Gasteiger partial charge >= 0.3 is 0 Å². The highest BCUT2D eigenvalue weighted by Gasteiger charge is 2.05. The lowest BCUT2D eigenvalue weighted by Gasteiger charge is -2.22. The first kappa shape index (κ1) is 14.0. The Morgan fingerprint density at radius 2 is 1.94 bits per heavy atom. The number of nitrogens with two attached hydrogens (primary N) is 1. The largest absolute Gasteiger partial charge is 0.399 e. The van der Waals surface area contributed by atoms with Crippen LogP contribution in [-0.2, 0) is 6.42 Å². The first-order chi connectivity index (χ1) is 8.13. The van der Waals surface area contributed by atoms with Gasteiger partial charge in [-0.05, 0) is 43.5 Å². The minimum atomic E-state index is 0.747. The second-order valence-electron chi connectivity index (χ2n) is 5.09. The van der Waals surface area contributed by atoms with Crippen LogP contribution in [0.5, 0.6) is 0 Å². The molecule has 2 heteroatoms. The van der Waals surface area contributed by atoms with Gasteiger partial charge in [-0.15, -0.1) is 0 Å². The fourth-order valence-corrected chi connectivity index (χ4v) is 2.15. The molecule has 0 amide bonds. The molecule has 0 spiro atoms. The van der Waals surface area contributed by atoms with Crippen LogP contribution in [0.3, 0.4) is 0 Å². The summed E-state index contributed by atoms with van der Waals surface area (Å²) in [4.78, 5) is 2.52. The maximum absolute atomic E-state index is 5.94. The van der Waals surface area contributed by atoms with Gasteiger partial charge in [0.05, 0.1) is 0 Å². The second-order valence-corrected chi connectivity index (χ2v) is 5.09. The normalized spacial score (nSPS) is 11.4. The molecule has 0 atom stereocenters. The van der Waals surface area contributed by atoms with Crippen LogP contribution in [-0.4, -0.2) is 24.5 Å². The monoisotopic (exact) mass is 234 g/mol. The summed E-state index contributed by atoms with van der Waals surface area (Å²) in [5.74, 6) is 0.747. The predicted molar refractivity (Wildman–Crippen MR) is 76.1 cm³/mol. The molecule has 0 unspecified atom stereocenters. The molecule has 2 N–H and O–H groups in total. The minimum absolute atomic E-state index is 0.747. The van der Waals surface area contributed by atoms with E-state index in [0.717, 1.165) is 24.6 Å². The van der Waals surface area contributed by atoms with Gasteiger partial charge in [0.25, 0.3) is 0 Å². The topological polar surface area (TPSA) is 29.3 Å². The van der Waals surface area contributed by atoms with E-state index in [4.69, 9.17) is 5.73 Å². The Morgan fingerprint density at radius 1 is 1.24 bits per heavy atom. The molecule has 1 rings (SSSR count). The molecule has 0 heterocycles. The van der Waals surface area contributed by atoms with E-state index < -0.39 is 0 Å². The quantitative estimate of drug-likeness (QED) is 0.734. The lowest BCUT2D eigenvalue weighted by molar-refractivity contribution is 0.253. The average Bonchev–Trinajstić information content (AvgIpc) is 2.29. The number of para-hydroxylation sites is 1. The van der Waals surface area contributed by atoms with Crippen molar-refractivity contribution in [3.05, 3.63) is 29.8 Å². The first-order valence-corrected chi connectivity index (χ1v) is 6.69. The number of anilines is 1. The molecule has 0 aliphatic heterocycles. The zero-order valence-electron chi connectivity index (χ0n) is 11.4. The van der Waals surface area contributed by atoms with Crippen molar-refractivity contribution in [3.8, 4) is 0 Å². The van der Waals surface area contributed by atoms with Crippen molar-refractivity contribution < 1.29 is 0 Å². The van der Waals surface area contributed by atoms with Crippen molar-refractivity contribution in [2.75, 3.05) is 25.4 Å². The van der Waals surface area contributed by atoms with Gasteiger partial charge in [-0.3, -0.25) is 0 Å². The molecule has 0 bridgehead atoms. The van der Waals surface area contributed by atoms with Crippen LogP contribution in [0.1, 0.15) is 32.8 Å². The van der Waals surface area contributed by atoms with Gasteiger partial charge in [0.2, 0.25) is 0 Å². The molecule has 1 aromatic rings. The lowest BCUT2D eigenvalue weighted by atomic mass is 10.1. The van der Waals surface area contributed by atoms with Crippen LogP contribution in [0.25, 0.3) is 0 Å². The van der Waals surface area contributed by atoms with Crippen LogP contribution in [0.4, 0.5) is 5.69 Å². The SMILES string of the molecule is CCN(CCCc1ccccc1N)CC(C)C. The van der Waals surface area contributed by atoms with Gasteiger partial charge < -0.3 is 10.6 Å². The molecule has 1 aromatic carbocycles. The van der Waals surface area contributed by atoms with Gasteiger partial charge in [-0.25, -0.2) is 0 Å². The fraction of sp³-hybridized carbons (Fsp3) is 0.600. The molecule has 0 fully saturated rings. The van der Waals surface area contributed by atoms with Gasteiger partial charge in [-0.1, -0.05) is 39.0 Å². The number of aryl methyl sites for hydroxylation is 1. The summed E-state index contributed by atoms with van der Waals surface area (Å²) in [6.45, 7) is 10.3. The molecule has 2 nitrogen and oxygen atoms in total. The van der Waals surface area contributed by atoms with E-state index in [-0.39, 0.29) is 0 Å². The molecule has 0 saturated carbocycles. The molecule has 0 saturated heterocycles. The van der Waals surface area contributed by atoms with E-state index in [1.54, 1.807) is 0 Å². The molecule has 96 valence electrons. The van der Waals surface area contributed by atoms with E-state index >= 15 is 0 Å². The molecule has 0 aromatic heterocycles. The number of hydrogen-bond acceptors (Lipinski definition) is 2. The van der Waals surface area contributed by atoms with Crippen molar-refractivity contribution >= 4 is 5.69 Å². The van der Waals surface area contributed by atoms with E-state index in [9.17, 15) is 0 Å². The number of nitrogens with zero attached hydrogens (tertiary/aromatic N) is 1. The highest BCUT2D eigenvalue weighted by atomic mass is 15.1. The third kappa shape index (κ3) is 5.22. The number of hydrogen-bond donors (Lipinski definition) is 1. The standard InChI is InChI=1S/C15H26N2/c1-4-17(12-13(2)3)11-7-9-14-8-5-6-10-15(14)16/h5-6,8,10,13H,4,7,9,11-12,16H2,1-3H3. The summed E-state index contributed by atoms with van der Waals surface area (Å²) in [6, 6.07) is 8.18. The highest BCUT2D eigenvalue weighted by molar-refractivity contribution is 5.46. The number of nitrogen functional groups attached to an aromatic ring is 1. The molecule has 17 heavy (non-hydrogen) atoms. The van der Waals surface area contributed by atoms with E-state index in [1.807, 2.05) is 12.1 Å². The third-order valence-corrected chi connectivity index (χ3v) is 3.05. The molecular weight excluding hydrogens is 208 g/mol. The summed E-state index contributed by atoms with van der Waals surface area (Å²) < 4.78 is 0. The van der Waals surface area contributed by atoms with E-state index in [0.29, 0.717) is 0 Å². The Morgan fingerprint density at radius 3 is 2.53 bits per heavy atom. The van der Waals surface area contributed by atoms with Gasteiger partial charge in [0.1, 0.15) is 0 Å². The molecule has 0 radical (unpaired) electrons. The van der Waals surface area contributed by atoms with Crippen molar-refractivity contribution in [1.29, 1.82) is 0 Å². The van der Waals surface area contributed by atoms with Crippen molar-refractivity contribution in [1.82, 2.24) is 4.90 Å². The summed E-state index contributed by atoms with van der Waals surface area (Å²) in [5.41, 5.74) is 8.15. The predicted octanol–water partition coefficient (Wildman–Crippen LogP) is 3.18. The summed E-state index contributed by atoms with van der Waals surface area (Å²) in [7, 11) is 0. The van der Waals surface area contributed by atoms with Gasteiger partial charge in [0, 0.05) is 12.2 Å². The van der Waals surface area contributed by atoms with Crippen LogP contribution < -0.4 is 5.73 Å². The second kappa shape index (κ2) is 7.33. The fourth-order valence-electron chi connectivity index (χ4n) is 2.15. The summed E-state index contributed by atoms with van der Waals surface area (Å²) in [6.07, 6.45) is 2.27. The summed E-state index contributed by atoms with van der Waals surface area (Å²) in [5, 5.41) is 0. The van der Waals surface area contributed by atoms with E-state index in [1.165, 1.54) is 25.1 Å². The zero-order valence-corrected chi connectivity index (χ0v) is 11.4. The Kier molecular flexibility index (Phi) is 6.06.